The highest BCUT2D eigenvalue weighted by Crippen LogP contribution is 2.26. The number of non-ortho nitro benzene ring substituents is 1. The summed E-state index contributed by atoms with van der Waals surface area (Å²) in [4.78, 5) is 11.5. The van der Waals surface area contributed by atoms with Gasteiger partial charge in [-0.1, -0.05) is 0 Å². The Labute approximate surface area is 81.1 Å². The van der Waals surface area contributed by atoms with Gasteiger partial charge in [-0.2, -0.15) is 0 Å². The van der Waals surface area contributed by atoms with Crippen LogP contribution in [-0.2, 0) is 0 Å². The van der Waals surface area contributed by atoms with Crippen molar-refractivity contribution in [3.05, 3.63) is 33.6 Å². The van der Waals surface area contributed by atoms with Crippen molar-refractivity contribution in [3.8, 4) is 0 Å². The van der Waals surface area contributed by atoms with Crippen LogP contribution in [0.2, 0.25) is 0 Å². The lowest BCUT2D eigenvalue weighted by molar-refractivity contribution is -0.384. The molecule has 0 heterocycles. The minimum Gasteiger partial charge on any atom is -0.375 e. The Hall–Kier alpha value is -1.65. The number of halogens is 1. The number of aryl methyl sites for hydroxylation is 1. The van der Waals surface area contributed by atoms with E-state index in [9.17, 15) is 14.5 Å². The quantitative estimate of drug-likeness (QED) is 0.540. The van der Waals surface area contributed by atoms with E-state index in [0.717, 1.165) is 0 Å². The van der Waals surface area contributed by atoms with E-state index >= 15 is 0 Å². The van der Waals surface area contributed by atoms with Gasteiger partial charge in [0, 0.05) is 26.2 Å². The summed E-state index contributed by atoms with van der Waals surface area (Å²) in [6.07, 6.45) is 0. The number of anilines is 1. The van der Waals surface area contributed by atoms with Crippen LogP contribution in [-0.4, -0.2) is 19.0 Å². The van der Waals surface area contributed by atoms with Gasteiger partial charge >= 0.3 is 0 Å². The van der Waals surface area contributed by atoms with Gasteiger partial charge in [-0.3, -0.25) is 10.1 Å². The minimum absolute atomic E-state index is 0.0902. The van der Waals surface area contributed by atoms with Crippen LogP contribution < -0.4 is 4.90 Å². The van der Waals surface area contributed by atoms with E-state index in [1.165, 1.54) is 24.0 Å². The molecule has 0 aliphatic carbocycles. The summed E-state index contributed by atoms with van der Waals surface area (Å²) in [5.74, 6) is -0.416. The molecule has 0 fully saturated rings. The first-order valence-corrected chi connectivity index (χ1v) is 4.05. The fraction of sp³-hybridized carbons (Fsp3) is 0.333. The van der Waals surface area contributed by atoms with Crippen molar-refractivity contribution in [2.75, 3.05) is 19.0 Å². The van der Waals surface area contributed by atoms with Crippen molar-refractivity contribution >= 4 is 11.4 Å². The maximum Gasteiger partial charge on any atom is 0.271 e. The Morgan fingerprint density at radius 3 is 2.43 bits per heavy atom. The molecule has 0 saturated heterocycles. The van der Waals surface area contributed by atoms with Gasteiger partial charge < -0.3 is 4.90 Å². The second-order valence-corrected chi connectivity index (χ2v) is 3.25. The van der Waals surface area contributed by atoms with Crippen molar-refractivity contribution in [2.24, 2.45) is 0 Å². The van der Waals surface area contributed by atoms with E-state index in [2.05, 4.69) is 0 Å². The Morgan fingerprint density at radius 1 is 1.43 bits per heavy atom. The summed E-state index contributed by atoms with van der Waals surface area (Å²) in [6.45, 7) is 1.51. The predicted molar refractivity (Wildman–Crippen MR) is 52.1 cm³/mol. The van der Waals surface area contributed by atoms with Crippen LogP contribution in [0.4, 0.5) is 15.8 Å². The van der Waals surface area contributed by atoms with Crippen LogP contribution >= 0.6 is 0 Å². The molecule has 0 aromatic heterocycles. The van der Waals surface area contributed by atoms with Gasteiger partial charge in [0.2, 0.25) is 0 Å². The Morgan fingerprint density at radius 2 is 2.00 bits per heavy atom. The maximum atomic E-state index is 13.4. The molecule has 0 unspecified atom stereocenters. The summed E-state index contributed by atoms with van der Waals surface area (Å²) >= 11 is 0. The highest BCUT2D eigenvalue weighted by molar-refractivity contribution is 5.56. The van der Waals surface area contributed by atoms with E-state index in [0.29, 0.717) is 0 Å². The van der Waals surface area contributed by atoms with Crippen molar-refractivity contribution in [3.63, 3.8) is 0 Å². The zero-order chi connectivity index (χ0) is 10.9. The summed E-state index contributed by atoms with van der Waals surface area (Å²) in [5.41, 5.74) is 0.423. The number of hydrogen-bond donors (Lipinski definition) is 0. The molecule has 4 nitrogen and oxygen atoms in total. The molecule has 76 valence electrons. The fourth-order valence-electron chi connectivity index (χ4n) is 1.16. The van der Waals surface area contributed by atoms with Crippen LogP contribution in [0.15, 0.2) is 12.1 Å². The molecule has 0 N–H and O–H groups in total. The van der Waals surface area contributed by atoms with Gasteiger partial charge in [-0.05, 0) is 12.5 Å². The molecular formula is C9H11FN2O2. The van der Waals surface area contributed by atoms with Crippen LogP contribution in [0.1, 0.15) is 5.56 Å². The highest BCUT2D eigenvalue weighted by Gasteiger charge is 2.15. The van der Waals surface area contributed by atoms with Crippen molar-refractivity contribution in [1.29, 1.82) is 0 Å². The Kier molecular flexibility index (Phi) is 2.69. The van der Waals surface area contributed by atoms with Gasteiger partial charge in [0.05, 0.1) is 10.6 Å². The lowest BCUT2D eigenvalue weighted by atomic mass is 10.1. The summed E-state index contributed by atoms with van der Waals surface area (Å²) in [7, 11) is 3.28. The van der Waals surface area contributed by atoms with Crippen LogP contribution in [0, 0.1) is 22.9 Å². The van der Waals surface area contributed by atoms with Crippen molar-refractivity contribution < 1.29 is 9.31 Å². The second kappa shape index (κ2) is 3.61. The largest absolute Gasteiger partial charge is 0.375 e. The van der Waals surface area contributed by atoms with Crippen LogP contribution in [0.3, 0.4) is 0 Å². The molecule has 0 saturated carbocycles. The van der Waals surface area contributed by atoms with E-state index in [4.69, 9.17) is 0 Å². The monoisotopic (exact) mass is 198 g/mol. The SMILES string of the molecule is Cc1cc([N+](=O)[O-])cc(N(C)C)c1F. The van der Waals surface area contributed by atoms with E-state index in [-0.39, 0.29) is 16.9 Å². The number of nitro groups is 1. The van der Waals surface area contributed by atoms with E-state index in [1.807, 2.05) is 0 Å². The Balaban J connectivity index is 3.35. The smallest absolute Gasteiger partial charge is 0.271 e. The summed E-state index contributed by atoms with van der Waals surface area (Å²) in [5, 5.41) is 10.5. The van der Waals surface area contributed by atoms with Crippen molar-refractivity contribution in [2.45, 2.75) is 6.92 Å². The normalized spacial score (nSPS) is 10.0. The minimum atomic E-state index is -0.528. The van der Waals surface area contributed by atoms with E-state index < -0.39 is 10.7 Å². The van der Waals surface area contributed by atoms with Gasteiger partial charge in [0.15, 0.2) is 0 Å². The third-order valence-electron chi connectivity index (χ3n) is 1.91. The zero-order valence-electron chi connectivity index (χ0n) is 8.24. The lowest BCUT2D eigenvalue weighted by Crippen LogP contribution is -2.11. The van der Waals surface area contributed by atoms with Gasteiger partial charge in [0.25, 0.3) is 5.69 Å². The van der Waals surface area contributed by atoms with E-state index in [1.54, 1.807) is 14.1 Å². The molecule has 1 aromatic carbocycles. The molecule has 5 heteroatoms. The molecule has 0 atom stereocenters. The van der Waals surface area contributed by atoms with Gasteiger partial charge in [-0.25, -0.2) is 4.39 Å². The zero-order valence-corrected chi connectivity index (χ0v) is 8.24. The predicted octanol–water partition coefficient (Wildman–Crippen LogP) is 2.11. The third kappa shape index (κ3) is 1.81. The second-order valence-electron chi connectivity index (χ2n) is 3.25. The topological polar surface area (TPSA) is 46.4 Å². The first-order chi connectivity index (χ1) is 6.43. The lowest BCUT2D eigenvalue weighted by Gasteiger charge is -2.14. The number of nitrogens with zero attached hydrogens (tertiary/aromatic N) is 2. The summed E-state index contributed by atoms with van der Waals surface area (Å²) < 4.78 is 13.4. The van der Waals surface area contributed by atoms with Crippen LogP contribution in [0.5, 0.6) is 0 Å². The molecule has 0 radical (unpaired) electrons. The van der Waals surface area contributed by atoms with Crippen LogP contribution in [0.25, 0.3) is 0 Å². The molecular weight excluding hydrogens is 187 g/mol. The maximum absolute atomic E-state index is 13.4. The molecule has 1 aromatic rings. The molecule has 0 aliphatic heterocycles. The number of benzene rings is 1. The average Bonchev–Trinajstić information content (AvgIpc) is 2.08. The third-order valence-corrected chi connectivity index (χ3v) is 1.91. The fourth-order valence-corrected chi connectivity index (χ4v) is 1.16. The van der Waals surface area contributed by atoms with Crippen molar-refractivity contribution in [1.82, 2.24) is 0 Å². The number of rotatable bonds is 2. The van der Waals surface area contributed by atoms with Gasteiger partial charge in [-0.15, -0.1) is 0 Å². The molecule has 0 aliphatic rings. The Bertz CT molecular complexity index is 377. The molecule has 0 amide bonds. The molecule has 1 rings (SSSR count). The van der Waals surface area contributed by atoms with Gasteiger partial charge in [0.1, 0.15) is 5.82 Å². The standard InChI is InChI=1S/C9H11FN2O2/c1-6-4-7(12(13)14)5-8(9(6)10)11(2)3/h4-5H,1-3H3. The average molecular weight is 198 g/mol. The first-order valence-electron chi connectivity index (χ1n) is 4.05. The number of hydrogen-bond acceptors (Lipinski definition) is 3. The summed E-state index contributed by atoms with van der Waals surface area (Å²) in [6, 6.07) is 2.45. The molecule has 0 spiro atoms. The molecule has 14 heavy (non-hydrogen) atoms. The first kappa shape index (κ1) is 10.4. The number of nitro benzene ring substituents is 1. The highest BCUT2D eigenvalue weighted by atomic mass is 19.1. The molecule has 0 bridgehead atoms.